The fourth-order valence-electron chi connectivity index (χ4n) is 2.57. The number of nitro benzene ring substituents is 1. The van der Waals surface area contributed by atoms with Crippen molar-refractivity contribution in [2.45, 2.75) is 13.2 Å². The highest BCUT2D eigenvalue weighted by Gasteiger charge is 2.18. The molecule has 1 N–H and O–H groups in total. The van der Waals surface area contributed by atoms with Gasteiger partial charge in [-0.3, -0.25) is 19.8 Å². The molecule has 0 aliphatic heterocycles. The molecule has 0 heterocycles. The number of ether oxygens (including phenoxy) is 2. The van der Waals surface area contributed by atoms with Crippen molar-refractivity contribution >= 4 is 28.9 Å². The van der Waals surface area contributed by atoms with E-state index in [9.17, 15) is 23.7 Å². The van der Waals surface area contributed by atoms with E-state index >= 15 is 0 Å². The Hall–Kier alpha value is -2.98. The summed E-state index contributed by atoms with van der Waals surface area (Å²) in [6.07, 6.45) is 0. The fraction of sp³-hybridized carbons (Fsp3) is 0.278. The molecule has 0 atom stereocenters. The highest BCUT2D eigenvalue weighted by atomic mass is 35.5. The Morgan fingerprint density at radius 1 is 1.28 bits per heavy atom. The van der Waals surface area contributed by atoms with Gasteiger partial charge >= 0.3 is 6.61 Å². The van der Waals surface area contributed by atoms with Crippen LogP contribution in [0, 0.1) is 10.1 Å². The van der Waals surface area contributed by atoms with E-state index in [1.807, 2.05) is 0 Å². The second kappa shape index (κ2) is 9.99. The number of nitro groups is 1. The van der Waals surface area contributed by atoms with Crippen molar-refractivity contribution in [2.24, 2.45) is 0 Å². The summed E-state index contributed by atoms with van der Waals surface area (Å²) < 4.78 is 34.2. The summed E-state index contributed by atoms with van der Waals surface area (Å²) in [4.78, 5) is 24.3. The average Bonchev–Trinajstić information content (AvgIpc) is 2.63. The molecule has 0 saturated carbocycles. The van der Waals surface area contributed by atoms with Crippen molar-refractivity contribution in [2.75, 3.05) is 26.0 Å². The molecule has 0 unspecified atom stereocenters. The number of amides is 1. The van der Waals surface area contributed by atoms with Crippen molar-refractivity contribution in [3.8, 4) is 11.5 Å². The molecule has 0 aliphatic carbocycles. The zero-order valence-electron chi connectivity index (χ0n) is 15.5. The van der Waals surface area contributed by atoms with E-state index < -0.39 is 17.4 Å². The zero-order chi connectivity index (χ0) is 21.6. The number of alkyl halides is 2. The maximum atomic E-state index is 12.4. The maximum absolute atomic E-state index is 12.4. The first kappa shape index (κ1) is 22.3. The number of nitrogens with zero attached hydrogens (tertiary/aromatic N) is 2. The van der Waals surface area contributed by atoms with Crippen molar-refractivity contribution in [1.29, 1.82) is 0 Å². The standard InChI is InChI=1S/C18H18ClF2N3O5/c1-23(9-11-3-6-15(29-18(20)21)16(7-11)28-2)10-17(25)22-13-5-4-12(19)8-14(13)24(26)27/h3-8,18H,9-10H2,1-2H3,(H,22,25). The number of carbonyl (C=O) groups excluding carboxylic acids is 1. The summed E-state index contributed by atoms with van der Waals surface area (Å²) in [5, 5.41) is 13.8. The van der Waals surface area contributed by atoms with Crippen LogP contribution in [0.1, 0.15) is 5.56 Å². The molecule has 0 saturated heterocycles. The minimum Gasteiger partial charge on any atom is -0.493 e. The van der Waals surface area contributed by atoms with Gasteiger partial charge in [-0.25, -0.2) is 0 Å². The number of carbonyl (C=O) groups is 1. The van der Waals surface area contributed by atoms with Crippen LogP contribution in [-0.2, 0) is 11.3 Å². The lowest BCUT2D eigenvalue weighted by atomic mass is 10.2. The first-order valence-corrected chi connectivity index (χ1v) is 8.61. The Morgan fingerprint density at radius 3 is 2.62 bits per heavy atom. The molecule has 11 heteroatoms. The summed E-state index contributed by atoms with van der Waals surface area (Å²) in [6, 6.07) is 8.38. The van der Waals surface area contributed by atoms with Crippen molar-refractivity contribution in [3.63, 3.8) is 0 Å². The molecule has 1 amide bonds. The Morgan fingerprint density at radius 2 is 2.00 bits per heavy atom. The van der Waals surface area contributed by atoms with Crippen LogP contribution in [0.15, 0.2) is 36.4 Å². The van der Waals surface area contributed by atoms with Crippen molar-refractivity contribution in [3.05, 3.63) is 57.1 Å². The smallest absolute Gasteiger partial charge is 0.387 e. The summed E-state index contributed by atoms with van der Waals surface area (Å²) >= 11 is 5.75. The number of likely N-dealkylation sites (N-methyl/N-ethyl adjacent to an activating group) is 1. The van der Waals surface area contributed by atoms with E-state index in [1.54, 1.807) is 18.0 Å². The minimum absolute atomic E-state index is 0.0352. The third kappa shape index (κ3) is 6.54. The molecular weight excluding hydrogens is 412 g/mol. The molecule has 156 valence electrons. The van der Waals surface area contributed by atoms with Crippen LogP contribution in [0.2, 0.25) is 5.02 Å². The van der Waals surface area contributed by atoms with Gasteiger partial charge in [0.15, 0.2) is 11.5 Å². The Bertz CT molecular complexity index is 898. The third-order valence-electron chi connectivity index (χ3n) is 3.74. The van der Waals surface area contributed by atoms with Crippen LogP contribution in [0.5, 0.6) is 11.5 Å². The van der Waals surface area contributed by atoms with E-state index in [2.05, 4.69) is 10.1 Å². The number of nitrogens with one attached hydrogen (secondary N) is 1. The Kier molecular flexibility index (Phi) is 7.68. The number of methoxy groups -OCH3 is 1. The molecule has 8 nitrogen and oxygen atoms in total. The SMILES string of the molecule is COc1cc(CN(C)CC(=O)Nc2ccc(Cl)cc2[N+](=O)[O-])ccc1OC(F)F. The molecule has 0 fully saturated rings. The highest BCUT2D eigenvalue weighted by molar-refractivity contribution is 6.31. The summed E-state index contributed by atoms with van der Waals surface area (Å²) in [7, 11) is 2.99. The Labute approximate surface area is 170 Å². The first-order chi connectivity index (χ1) is 13.7. The van der Waals surface area contributed by atoms with Crippen LogP contribution in [0.4, 0.5) is 20.2 Å². The molecule has 0 aromatic heterocycles. The number of benzene rings is 2. The van der Waals surface area contributed by atoms with Crippen LogP contribution >= 0.6 is 11.6 Å². The molecule has 29 heavy (non-hydrogen) atoms. The normalized spacial score (nSPS) is 10.9. The van der Waals surface area contributed by atoms with Gasteiger partial charge in [0, 0.05) is 17.6 Å². The van der Waals surface area contributed by atoms with E-state index in [4.69, 9.17) is 16.3 Å². The number of hydrogen-bond donors (Lipinski definition) is 1. The molecular formula is C18H18ClF2N3O5. The predicted octanol–water partition coefficient (Wildman–Crippen LogP) is 3.93. The van der Waals surface area contributed by atoms with Gasteiger partial charge in [-0.1, -0.05) is 17.7 Å². The topological polar surface area (TPSA) is 93.9 Å². The van der Waals surface area contributed by atoms with Gasteiger partial charge < -0.3 is 14.8 Å². The van der Waals surface area contributed by atoms with Crippen LogP contribution in [0.25, 0.3) is 0 Å². The number of hydrogen-bond acceptors (Lipinski definition) is 6. The maximum Gasteiger partial charge on any atom is 0.387 e. The van der Waals surface area contributed by atoms with Gasteiger partial charge in [-0.05, 0) is 36.9 Å². The van der Waals surface area contributed by atoms with E-state index in [1.165, 1.54) is 31.4 Å². The molecule has 0 aliphatic rings. The number of halogens is 3. The first-order valence-electron chi connectivity index (χ1n) is 8.23. The summed E-state index contributed by atoms with van der Waals surface area (Å²) in [5.74, 6) is -0.429. The van der Waals surface area contributed by atoms with Crippen molar-refractivity contribution in [1.82, 2.24) is 4.90 Å². The second-order valence-corrected chi connectivity index (χ2v) is 6.44. The summed E-state index contributed by atoms with van der Waals surface area (Å²) in [6.45, 7) is -2.75. The highest BCUT2D eigenvalue weighted by Crippen LogP contribution is 2.30. The predicted molar refractivity (Wildman–Crippen MR) is 103 cm³/mol. The van der Waals surface area contributed by atoms with Gasteiger partial charge in [0.05, 0.1) is 18.6 Å². The van der Waals surface area contributed by atoms with Gasteiger partial charge in [0.25, 0.3) is 5.69 Å². The van der Waals surface area contributed by atoms with Gasteiger partial charge in [-0.15, -0.1) is 0 Å². The molecule has 2 aromatic carbocycles. The molecule has 2 aromatic rings. The lowest BCUT2D eigenvalue weighted by Crippen LogP contribution is -2.30. The zero-order valence-corrected chi connectivity index (χ0v) is 16.3. The molecule has 2 rings (SSSR count). The van der Waals surface area contributed by atoms with Gasteiger partial charge in [0.1, 0.15) is 5.69 Å². The number of rotatable bonds is 9. The number of anilines is 1. The van der Waals surface area contributed by atoms with Crippen molar-refractivity contribution < 1.29 is 28.0 Å². The monoisotopic (exact) mass is 429 g/mol. The quantitative estimate of drug-likeness (QED) is 0.479. The molecule has 0 radical (unpaired) electrons. The van der Waals surface area contributed by atoms with Gasteiger partial charge in [0.2, 0.25) is 5.91 Å². The average molecular weight is 430 g/mol. The van der Waals surface area contributed by atoms with E-state index in [0.717, 1.165) is 6.07 Å². The van der Waals surface area contributed by atoms with Crippen LogP contribution in [-0.4, -0.2) is 43.0 Å². The molecule has 0 bridgehead atoms. The Balaban J connectivity index is 2.01. The minimum atomic E-state index is -2.97. The lowest BCUT2D eigenvalue weighted by molar-refractivity contribution is -0.383. The fourth-order valence-corrected chi connectivity index (χ4v) is 2.73. The summed E-state index contributed by atoms with van der Waals surface area (Å²) in [5.41, 5.74) is 0.414. The van der Waals surface area contributed by atoms with Gasteiger partial charge in [-0.2, -0.15) is 8.78 Å². The lowest BCUT2D eigenvalue weighted by Gasteiger charge is -2.18. The molecule has 0 spiro atoms. The second-order valence-electron chi connectivity index (χ2n) is 6.00. The third-order valence-corrected chi connectivity index (χ3v) is 3.98. The van der Waals surface area contributed by atoms with E-state index in [-0.39, 0.29) is 34.4 Å². The van der Waals surface area contributed by atoms with Crippen LogP contribution < -0.4 is 14.8 Å². The largest absolute Gasteiger partial charge is 0.493 e. The van der Waals surface area contributed by atoms with Crippen LogP contribution in [0.3, 0.4) is 0 Å². The van der Waals surface area contributed by atoms with E-state index in [0.29, 0.717) is 12.1 Å².